The predicted molar refractivity (Wildman–Crippen MR) is 92.9 cm³/mol. The van der Waals surface area contributed by atoms with E-state index in [0.717, 1.165) is 46.1 Å². The Kier molecular flexibility index (Phi) is 4.24. The van der Waals surface area contributed by atoms with Crippen molar-refractivity contribution in [2.75, 3.05) is 6.61 Å². The van der Waals surface area contributed by atoms with Gasteiger partial charge in [0.1, 0.15) is 5.69 Å². The highest BCUT2D eigenvalue weighted by atomic mass is 35.5. The van der Waals surface area contributed by atoms with Gasteiger partial charge in [0.05, 0.1) is 18.9 Å². The van der Waals surface area contributed by atoms with Crippen LogP contribution in [0.3, 0.4) is 0 Å². The number of pyridine rings is 1. The average Bonchev–Trinajstić information content (AvgIpc) is 2.61. The van der Waals surface area contributed by atoms with Crippen LogP contribution in [0.2, 0.25) is 5.02 Å². The molecule has 0 saturated carbocycles. The zero-order valence-corrected chi connectivity index (χ0v) is 13.8. The van der Waals surface area contributed by atoms with Crippen molar-refractivity contribution < 1.29 is 4.74 Å². The fraction of sp³-hybridized carbons (Fsp3) is 0.211. The van der Waals surface area contributed by atoms with Crippen molar-refractivity contribution in [2.45, 2.75) is 19.4 Å². The molecule has 3 heterocycles. The molecular weight excluding hydrogens is 322 g/mol. The van der Waals surface area contributed by atoms with Gasteiger partial charge >= 0.3 is 0 Å². The summed E-state index contributed by atoms with van der Waals surface area (Å²) in [7, 11) is 0. The lowest BCUT2D eigenvalue weighted by atomic mass is 10.1. The quantitative estimate of drug-likeness (QED) is 0.728. The molecule has 24 heavy (non-hydrogen) atoms. The van der Waals surface area contributed by atoms with Crippen molar-refractivity contribution >= 4 is 11.6 Å². The molecule has 4 nitrogen and oxygen atoms in total. The SMILES string of the molecule is Clc1cccc(Cc2cccc(-c3ncc4c(n3)CCOC4)n2)c1. The van der Waals surface area contributed by atoms with E-state index in [1.54, 1.807) is 0 Å². The minimum absolute atomic E-state index is 0.595. The van der Waals surface area contributed by atoms with E-state index in [9.17, 15) is 0 Å². The molecule has 0 radical (unpaired) electrons. The first-order valence-corrected chi connectivity index (χ1v) is 8.29. The maximum Gasteiger partial charge on any atom is 0.178 e. The summed E-state index contributed by atoms with van der Waals surface area (Å²) in [5.41, 5.74) is 5.03. The standard InChI is InChI=1S/C19H16ClN3O/c20-15-4-1-3-13(9-15)10-16-5-2-6-18(22-16)19-21-11-14-12-24-8-7-17(14)23-19/h1-6,9,11H,7-8,10,12H2. The number of hydrogen-bond donors (Lipinski definition) is 0. The van der Waals surface area contributed by atoms with Crippen LogP contribution in [0.1, 0.15) is 22.5 Å². The number of hydrogen-bond acceptors (Lipinski definition) is 4. The molecule has 1 aromatic carbocycles. The van der Waals surface area contributed by atoms with Gasteiger partial charge in [0.15, 0.2) is 5.82 Å². The largest absolute Gasteiger partial charge is 0.376 e. The monoisotopic (exact) mass is 337 g/mol. The van der Waals surface area contributed by atoms with Gasteiger partial charge in [-0.1, -0.05) is 29.8 Å². The van der Waals surface area contributed by atoms with Crippen LogP contribution in [-0.2, 0) is 24.2 Å². The lowest BCUT2D eigenvalue weighted by molar-refractivity contribution is 0.109. The van der Waals surface area contributed by atoms with Gasteiger partial charge in [-0.3, -0.25) is 0 Å². The molecule has 0 atom stereocenters. The maximum atomic E-state index is 6.06. The van der Waals surface area contributed by atoms with E-state index >= 15 is 0 Å². The van der Waals surface area contributed by atoms with Crippen LogP contribution >= 0.6 is 11.6 Å². The van der Waals surface area contributed by atoms with Crippen LogP contribution in [0.25, 0.3) is 11.5 Å². The summed E-state index contributed by atoms with van der Waals surface area (Å²) in [6.45, 7) is 1.31. The molecule has 5 heteroatoms. The minimum atomic E-state index is 0.595. The molecule has 120 valence electrons. The lowest BCUT2D eigenvalue weighted by Crippen LogP contribution is -2.13. The number of rotatable bonds is 3. The molecule has 0 fully saturated rings. The third kappa shape index (κ3) is 3.30. The molecule has 3 aromatic rings. The second-order valence-corrected chi connectivity index (χ2v) is 6.23. The lowest BCUT2D eigenvalue weighted by Gasteiger charge is -2.15. The summed E-state index contributed by atoms with van der Waals surface area (Å²) in [6, 6.07) is 13.8. The Balaban J connectivity index is 1.63. The molecule has 0 spiro atoms. The summed E-state index contributed by atoms with van der Waals surface area (Å²) in [6.07, 6.45) is 3.41. The molecule has 0 N–H and O–H groups in total. The molecule has 0 unspecified atom stereocenters. The third-order valence-corrected chi connectivity index (χ3v) is 4.24. The van der Waals surface area contributed by atoms with E-state index in [1.165, 1.54) is 0 Å². The van der Waals surface area contributed by atoms with Crippen molar-refractivity contribution in [3.8, 4) is 11.5 Å². The molecule has 2 aromatic heterocycles. The van der Waals surface area contributed by atoms with Gasteiger partial charge < -0.3 is 4.74 Å². The topological polar surface area (TPSA) is 47.9 Å². The molecule has 0 bridgehead atoms. The number of aromatic nitrogens is 3. The second kappa shape index (κ2) is 6.67. The van der Waals surface area contributed by atoms with Crippen LogP contribution < -0.4 is 0 Å². The van der Waals surface area contributed by atoms with Crippen molar-refractivity contribution in [1.29, 1.82) is 0 Å². The number of benzene rings is 1. The Morgan fingerprint density at radius 2 is 2.00 bits per heavy atom. The van der Waals surface area contributed by atoms with Gasteiger partial charge in [-0.25, -0.2) is 15.0 Å². The van der Waals surface area contributed by atoms with E-state index in [2.05, 4.69) is 16.0 Å². The Labute approximate surface area is 145 Å². The van der Waals surface area contributed by atoms with Gasteiger partial charge in [-0.2, -0.15) is 0 Å². The number of ether oxygens (including phenoxy) is 1. The zero-order valence-electron chi connectivity index (χ0n) is 13.1. The maximum absolute atomic E-state index is 6.06. The predicted octanol–water partition coefficient (Wildman–Crippen LogP) is 3.86. The smallest absolute Gasteiger partial charge is 0.178 e. The number of nitrogens with zero attached hydrogens (tertiary/aromatic N) is 3. The van der Waals surface area contributed by atoms with E-state index < -0.39 is 0 Å². The van der Waals surface area contributed by atoms with E-state index in [0.29, 0.717) is 19.0 Å². The van der Waals surface area contributed by atoms with E-state index in [4.69, 9.17) is 21.3 Å². The first-order chi connectivity index (χ1) is 11.8. The Bertz CT molecular complexity index is 882. The first-order valence-electron chi connectivity index (χ1n) is 7.91. The molecule has 0 saturated heterocycles. The Morgan fingerprint density at radius 1 is 1.08 bits per heavy atom. The Morgan fingerprint density at radius 3 is 2.92 bits per heavy atom. The highest BCUT2D eigenvalue weighted by molar-refractivity contribution is 6.30. The summed E-state index contributed by atoms with van der Waals surface area (Å²) < 4.78 is 5.43. The molecule has 1 aliphatic heterocycles. The fourth-order valence-corrected chi connectivity index (χ4v) is 3.03. The van der Waals surface area contributed by atoms with Crippen molar-refractivity contribution in [3.05, 3.63) is 76.2 Å². The summed E-state index contributed by atoms with van der Waals surface area (Å²) in [4.78, 5) is 13.8. The average molecular weight is 338 g/mol. The molecule has 4 rings (SSSR count). The molecule has 0 amide bonds. The third-order valence-electron chi connectivity index (χ3n) is 4.01. The van der Waals surface area contributed by atoms with E-state index in [1.807, 2.05) is 42.6 Å². The van der Waals surface area contributed by atoms with Crippen molar-refractivity contribution in [1.82, 2.24) is 15.0 Å². The molecule has 0 aliphatic carbocycles. The fourth-order valence-electron chi connectivity index (χ4n) is 2.81. The van der Waals surface area contributed by atoms with Crippen LogP contribution in [0.5, 0.6) is 0 Å². The highest BCUT2D eigenvalue weighted by Crippen LogP contribution is 2.20. The minimum Gasteiger partial charge on any atom is -0.376 e. The van der Waals surface area contributed by atoms with Crippen molar-refractivity contribution in [2.24, 2.45) is 0 Å². The van der Waals surface area contributed by atoms with Crippen LogP contribution in [0.15, 0.2) is 48.7 Å². The Hall–Kier alpha value is -2.30. The highest BCUT2D eigenvalue weighted by Gasteiger charge is 2.14. The normalized spacial score (nSPS) is 13.5. The second-order valence-electron chi connectivity index (χ2n) is 5.79. The zero-order chi connectivity index (χ0) is 16.4. The van der Waals surface area contributed by atoms with Crippen molar-refractivity contribution in [3.63, 3.8) is 0 Å². The van der Waals surface area contributed by atoms with E-state index in [-0.39, 0.29) is 0 Å². The summed E-state index contributed by atoms with van der Waals surface area (Å²) in [5.74, 6) is 0.670. The number of fused-ring (bicyclic) bond motifs is 1. The number of halogens is 1. The van der Waals surface area contributed by atoms with Crippen LogP contribution in [0, 0.1) is 0 Å². The van der Waals surface area contributed by atoms with Crippen LogP contribution in [-0.4, -0.2) is 21.6 Å². The summed E-state index contributed by atoms with van der Waals surface area (Å²) in [5, 5.41) is 0.740. The molecule has 1 aliphatic rings. The van der Waals surface area contributed by atoms with Gasteiger partial charge in [-0.05, 0) is 29.8 Å². The van der Waals surface area contributed by atoms with Gasteiger partial charge in [0.2, 0.25) is 0 Å². The van der Waals surface area contributed by atoms with Crippen LogP contribution in [0.4, 0.5) is 0 Å². The first kappa shape index (κ1) is 15.2. The summed E-state index contributed by atoms with van der Waals surface area (Å²) >= 11 is 6.06. The molecular formula is C19H16ClN3O. The van der Waals surface area contributed by atoms with Gasteiger partial charge in [-0.15, -0.1) is 0 Å². The van der Waals surface area contributed by atoms with Gasteiger partial charge in [0.25, 0.3) is 0 Å². The van der Waals surface area contributed by atoms with Gasteiger partial charge in [0, 0.05) is 35.3 Å².